The van der Waals surface area contributed by atoms with Gasteiger partial charge in [-0.2, -0.15) is 0 Å². The minimum Gasteiger partial charge on any atom is -0.479 e. The number of benzene rings is 2. The van der Waals surface area contributed by atoms with E-state index in [1.807, 2.05) is 39.0 Å². The Morgan fingerprint density at radius 1 is 1.07 bits per heavy atom. The number of hydrogen-bond donors (Lipinski definition) is 0. The normalized spacial score (nSPS) is 11.9. The van der Waals surface area contributed by atoms with Crippen molar-refractivity contribution in [2.75, 3.05) is 6.61 Å². The standard InChI is InChI=1S/C23H24O6/c1-5-18(23(25)26-6-2)28-16-9-10-17-20(12-16)27-13-21(22(17)24)29-19-11-14(3)7-8-15(19)4/h7-13,18H,5-6H2,1-4H3. The van der Waals surface area contributed by atoms with Crippen molar-refractivity contribution in [2.24, 2.45) is 0 Å². The molecule has 29 heavy (non-hydrogen) atoms. The van der Waals surface area contributed by atoms with E-state index in [2.05, 4.69) is 0 Å². The van der Waals surface area contributed by atoms with Crippen LogP contribution in [0.25, 0.3) is 11.0 Å². The van der Waals surface area contributed by atoms with Gasteiger partial charge in [0.05, 0.1) is 12.0 Å². The van der Waals surface area contributed by atoms with Crippen LogP contribution in [0.5, 0.6) is 17.2 Å². The molecule has 2 aromatic carbocycles. The van der Waals surface area contributed by atoms with Crippen molar-refractivity contribution in [2.45, 2.75) is 40.2 Å². The fraction of sp³-hybridized carbons (Fsp3) is 0.304. The molecule has 0 amide bonds. The molecule has 1 atom stereocenters. The van der Waals surface area contributed by atoms with Gasteiger partial charge in [0.2, 0.25) is 11.2 Å². The molecular formula is C23H24O6. The molecule has 0 spiro atoms. The predicted octanol–water partition coefficient (Wildman–Crippen LogP) is 4.92. The third-order valence-corrected chi connectivity index (χ3v) is 4.48. The van der Waals surface area contributed by atoms with Crippen LogP contribution in [-0.4, -0.2) is 18.7 Å². The highest BCUT2D eigenvalue weighted by molar-refractivity contribution is 5.79. The van der Waals surface area contributed by atoms with E-state index in [9.17, 15) is 9.59 Å². The minimum absolute atomic E-state index is 0.109. The van der Waals surface area contributed by atoms with E-state index in [4.69, 9.17) is 18.6 Å². The van der Waals surface area contributed by atoms with Crippen molar-refractivity contribution in [1.29, 1.82) is 0 Å². The SMILES string of the molecule is CCOC(=O)C(CC)Oc1ccc2c(=O)c(Oc3cc(C)ccc3C)coc2c1. The van der Waals surface area contributed by atoms with Crippen LogP contribution < -0.4 is 14.9 Å². The topological polar surface area (TPSA) is 75.0 Å². The maximum atomic E-state index is 12.8. The van der Waals surface area contributed by atoms with Crippen molar-refractivity contribution in [3.63, 3.8) is 0 Å². The predicted molar refractivity (Wildman–Crippen MR) is 110 cm³/mol. The number of fused-ring (bicyclic) bond motifs is 1. The largest absolute Gasteiger partial charge is 0.479 e. The second kappa shape index (κ2) is 8.82. The van der Waals surface area contributed by atoms with E-state index in [1.165, 1.54) is 6.26 Å². The summed E-state index contributed by atoms with van der Waals surface area (Å²) in [5, 5.41) is 0.365. The van der Waals surface area contributed by atoms with Gasteiger partial charge in [0.25, 0.3) is 0 Å². The molecule has 152 valence electrons. The quantitative estimate of drug-likeness (QED) is 0.528. The summed E-state index contributed by atoms with van der Waals surface area (Å²) in [6.45, 7) is 7.73. The Balaban J connectivity index is 1.88. The highest BCUT2D eigenvalue weighted by Gasteiger charge is 2.20. The van der Waals surface area contributed by atoms with E-state index < -0.39 is 12.1 Å². The molecule has 0 fully saturated rings. The van der Waals surface area contributed by atoms with Crippen molar-refractivity contribution < 1.29 is 23.4 Å². The van der Waals surface area contributed by atoms with E-state index in [0.717, 1.165) is 11.1 Å². The van der Waals surface area contributed by atoms with Crippen molar-refractivity contribution in [3.8, 4) is 17.2 Å². The monoisotopic (exact) mass is 396 g/mol. The molecule has 0 aliphatic carbocycles. The number of rotatable bonds is 7. The van der Waals surface area contributed by atoms with E-state index in [-0.39, 0.29) is 17.8 Å². The molecule has 6 heteroatoms. The van der Waals surface area contributed by atoms with Crippen LogP contribution in [0.3, 0.4) is 0 Å². The summed E-state index contributed by atoms with van der Waals surface area (Å²) in [4.78, 5) is 24.7. The van der Waals surface area contributed by atoms with Gasteiger partial charge in [0.15, 0.2) is 6.10 Å². The summed E-state index contributed by atoms with van der Waals surface area (Å²) in [7, 11) is 0. The van der Waals surface area contributed by atoms with Crippen molar-refractivity contribution >= 4 is 16.9 Å². The fourth-order valence-electron chi connectivity index (χ4n) is 2.87. The smallest absolute Gasteiger partial charge is 0.347 e. The summed E-state index contributed by atoms with van der Waals surface area (Å²) in [5.74, 6) is 0.715. The number of hydrogen-bond acceptors (Lipinski definition) is 6. The fourth-order valence-corrected chi connectivity index (χ4v) is 2.87. The van der Waals surface area contributed by atoms with Gasteiger partial charge in [-0.25, -0.2) is 4.79 Å². The van der Waals surface area contributed by atoms with Gasteiger partial charge in [-0.05, 0) is 56.5 Å². The third kappa shape index (κ3) is 4.59. The van der Waals surface area contributed by atoms with Crippen LogP contribution in [0.1, 0.15) is 31.4 Å². The molecule has 0 aliphatic rings. The first-order valence-corrected chi connectivity index (χ1v) is 9.56. The Bertz CT molecular complexity index is 1080. The summed E-state index contributed by atoms with van der Waals surface area (Å²) in [6.07, 6.45) is 1.04. The lowest BCUT2D eigenvalue weighted by atomic mass is 10.1. The van der Waals surface area contributed by atoms with Gasteiger partial charge in [0.1, 0.15) is 23.3 Å². The van der Waals surface area contributed by atoms with Crippen molar-refractivity contribution in [1.82, 2.24) is 0 Å². The molecular weight excluding hydrogens is 372 g/mol. The van der Waals surface area contributed by atoms with Crippen LogP contribution in [0.4, 0.5) is 0 Å². The zero-order chi connectivity index (χ0) is 21.0. The molecule has 3 aromatic rings. The Morgan fingerprint density at radius 2 is 1.86 bits per heavy atom. The highest BCUT2D eigenvalue weighted by atomic mass is 16.6. The first kappa shape index (κ1) is 20.5. The number of carbonyl (C=O) groups is 1. The minimum atomic E-state index is -0.717. The average molecular weight is 396 g/mol. The lowest BCUT2D eigenvalue weighted by molar-refractivity contribution is -0.151. The molecule has 1 aromatic heterocycles. The molecule has 6 nitrogen and oxygen atoms in total. The molecule has 0 aliphatic heterocycles. The zero-order valence-electron chi connectivity index (χ0n) is 17.0. The average Bonchev–Trinajstić information content (AvgIpc) is 2.71. The first-order valence-electron chi connectivity index (χ1n) is 9.56. The Labute approximate surface area is 169 Å². The molecule has 0 bridgehead atoms. The van der Waals surface area contributed by atoms with E-state index >= 15 is 0 Å². The molecule has 0 radical (unpaired) electrons. The summed E-state index contributed by atoms with van der Waals surface area (Å²) >= 11 is 0. The van der Waals surface area contributed by atoms with Crippen LogP contribution in [0, 0.1) is 13.8 Å². The van der Waals surface area contributed by atoms with Crippen LogP contribution in [0.15, 0.2) is 51.9 Å². The number of aryl methyl sites for hydroxylation is 2. The third-order valence-electron chi connectivity index (χ3n) is 4.48. The maximum absolute atomic E-state index is 12.8. The van der Waals surface area contributed by atoms with Crippen LogP contribution >= 0.6 is 0 Å². The van der Waals surface area contributed by atoms with Crippen LogP contribution in [0.2, 0.25) is 0 Å². The highest BCUT2D eigenvalue weighted by Crippen LogP contribution is 2.27. The second-order valence-electron chi connectivity index (χ2n) is 6.72. The molecule has 0 saturated carbocycles. The first-order chi connectivity index (χ1) is 13.9. The zero-order valence-corrected chi connectivity index (χ0v) is 17.0. The molecule has 0 N–H and O–H groups in total. The van der Waals surface area contributed by atoms with Gasteiger partial charge >= 0.3 is 5.97 Å². The summed E-state index contributed by atoms with van der Waals surface area (Å²) < 4.78 is 22.1. The lowest BCUT2D eigenvalue weighted by Crippen LogP contribution is -2.28. The maximum Gasteiger partial charge on any atom is 0.347 e. The van der Waals surface area contributed by atoms with Crippen molar-refractivity contribution in [3.05, 3.63) is 64.0 Å². The van der Waals surface area contributed by atoms with E-state index in [0.29, 0.717) is 28.9 Å². The van der Waals surface area contributed by atoms with Gasteiger partial charge in [-0.15, -0.1) is 0 Å². The Hall–Kier alpha value is -3.28. The molecule has 1 heterocycles. The number of carbonyl (C=O) groups excluding carboxylic acids is 1. The van der Waals surface area contributed by atoms with Gasteiger partial charge in [-0.1, -0.05) is 19.1 Å². The molecule has 0 saturated heterocycles. The lowest BCUT2D eigenvalue weighted by Gasteiger charge is -2.16. The number of ether oxygens (including phenoxy) is 3. The van der Waals surface area contributed by atoms with Gasteiger partial charge in [-0.3, -0.25) is 4.79 Å². The number of esters is 1. The van der Waals surface area contributed by atoms with Crippen LogP contribution in [-0.2, 0) is 9.53 Å². The molecule has 1 unspecified atom stereocenters. The van der Waals surface area contributed by atoms with E-state index in [1.54, 1.807) is 25.1 Å². The summed E-state index contributed by atoms with van der Waals surface area (Å²) in [6, 6.07) is 10.6. The van der Waals surface area contributed by atoms with Gasteiger partial charge < -0.3 is 18.6 Å². The van der Waals surface area contributed by atoms with Gasteiger partial charge in [0, 0.05) is 6.07 Å². The second-order valence-corrected chi connectivity index (χ2v) is 6.72. The Kier molecular flexibility index (Phi) is 6.22. The molecule has 3 rings (SSSR count). The Morgan fingerprint density at radius 3 is 2.59 bits per heavy atom. The summed E-state index contributed by atoms with van der Waals surface area (Å²) in [5.41, 5.74) is 2.02.